The van der Waals surface area contributed by atoms with Crippen molar-refractivity contribution >= 4 is 29.2 Å². The van der Waals surface area contributed by atoms with Crippen molar-refractivity contribution in [3.05, 3.63) is 54.1 Å². The molecule has 0 bridgehead atoms. The molecule has 1 aliphatic rings. The Kier molecular flexibility index (Phi) is 5.71. The molecular formula is C20H20N2O5. The zero-order chi connectivity index (χ0) is 19.2. The average Bonchev–Trinajstić information content (AvgIpc) is 2.69. The van der Waals surface area contributed by atoms with E-state index in [-0.39, 0.29) is 18.9 Å². The molecule has 1 heterocycles. The Hall–Kier alpha value is -3.35. The number of hydrogen-bond acceptors (Lipinski definition) is 5. The van der Waals surface area contributed by atoms with Gasteiger partial charge in [-0.2, -0.15) is 0 Å². The van der Waals surface area contributed by atoms with Crippen LogP contribution in [0.2, 0.25) is 0 Å². The summed E-state index contributed by atoms with van der Waals surface area (Å²) in [7, 11) is 1.57. The predicted octanol–water partition coefficient (Wildman–Crippen LogP) is 2.16. The molecular weight excluding hydrogens is 348 g/mol. The SMILES string of the molecule is COc1ccccc1CCC(=O)OCC(=O)N1CC(=O)Nc2ccccc21. The maximum absolute atomic E-state index is 12.4. The Morgan fingerprint density at radius 2 is 1.85 bits per heavy atom. The van der Waals surface area contributed by atoms with Crippen molar-refractivity contribution < 1.29 is 23.9 Å². The van der Waals surface area contributed by atoms with Crippen LogP contribution in [0.3, 0.4) is 0 Å². The number of methoxy groups -OCH3 is 1. The van der Waals surface area contributed by atoms with Crippen LogP contribution in [-0.4, -0.2) is 38.0 Å². The number of nitrogens with zero attached hydrogens (tertiary/aromatic N) is 1. The van der Waals surface area contributed by atoms with E-state index in [0.29, 0.717) is 23.5 Å². The lowest BCUT2D eigenvalue weighted by Gasteiger charge is -2.28. The van der Waals surface area contributed by atoms with Crippen LogP contribution < -0.4 is 15.0 Å². The van der Waals surface area contributed by atoms with E-state index in [9.17, 15) is 14.4 Å². The number of nitrogens with one attached hydrogen (secondary N) is 1. The Labute approximate surface area is 156 Å². The molecule has 1 aliphatic heterocycles. The molecule has 0 aliphatic carbocycles. The summed E-state index contributed by atoms with van der Waals surface area (Å²) in [5.41, 5.74) is 2.04. The standard InChI is InChI=1S/C20H20N2O5/c1-26-17-9-5-2-6-14(17)10-11-20(25)27-13-19(24)22-12-18(23)21-15-7-3-4-8-16(15)22/h2-9H,10-13H2,1H3,(H,21,23). The molecule has 0 aromatic heterocycles. The van der Waals surface area contributed by atoms with Gasteiger partial charge in [0.1, 0.15) is 12.3 Å². The zero-order valence-corrected chi connectivity index (χ0v) is 14.9. The minimum atomic E-state index is -0.482. The number of carbonyl (C=O) groups excluding carboxylic acids is 3. The van der Waals surface area contributed by atoms with Crippen molar-refractivity contribution in [3.8, 4) is 5.75 Å². The van der Waals surface area contributed by atoms with Crippen LogP contribution in [0.4, 0.5) is 11.4 Å². The second-order valence-electron chi connectivity index (χ2n) is 6.02. The Balaban J connectivity index is 1.55. The van der Waals surface area contributed by atoms with Gasteiger partial charge < -0.3 is 14.8 Å². The first kappa shape index (κ1) is 18.4. The maximum atomic E-state index is 12.4. The number of carbonyl (C=O) groups is 3. The van der Waals surface area contributed by atoms with Crippen LogP contribution in [0.5, 0.6) is 5.75 Å². The van der Waals surface area contributed by atoms with Crippen molar-refractivity contribution in [2.75, 3.05) is 30.5 Å². The van der Waals surface area contributed by atoms with Gasteiger partial charge in [-0.25, -0.2) is 0 Å². The first-order chi connectivity index (χ1) is 13.1. The van der Waals surface area contributed by atoms with Gasteiger partial charge in [-0.1, -0.05) is 30.3 Å². The summed E-state index contributed by atoms with van der Waals surface area (Å²) in [5, 5.41) is 2.71. The third-order valence-corrected chi connectivity index (χ3v) is 4.22. The molecule has 3 rings (SSSR count). The van der Waals surface area contributed by atoms with Crippen LogP contribution >= 0.6 is 0 Å². The van der Waals surface area contributed by atoms with Crippen LogP contribution in [0.25, 0.3) is 0 Å². The monoisotopic (exact) mass is 368 g/mol. The van der Waals surface area contributed by atoms with Crippen molar-refractivity contribution in [2.24, 2.45) is 0 Å². The summed E-state index contributed by atoms with van der Waals surface area (Å²) < 4.78 is 10.3. The average molecular weight is 368 g/mol. The molecule has 0 spiro atoms. The number of para-hydroxylation sites is 3. The van der Waals surface area contributed by atoms with Gasteiger partial charge in [0, 0.05) is 6.42 Å². The van der Waals surface area contributed by atoms with Crippen LogP contribution in [0.15, 0.2) is 48.5 Å². The van der Waals surface area contributed by atoms with E-state index in [1.807, 2.05) is 24.3 Å². The largest absolute Gasteiger partial charge is 0.496 e. The molecule has 7 heteroatoms. The van der Waals surface area contributed by atoms with Crippen LogP contribution in [0.1, 0.15) is 12.0 Å². The molecule has 1 N–H and O–H groups in total. The molecule has 0 radical (unpaired) electrons. The highest BCUT2D eigenvalue weighted by molar-refractivity contribution is 6.10. The normalized spacial score (nSPS) is 12.8. The first-order valence-corrected chi connectivity index (χ1v) is 8.55. The quantitative estimate of drug-likeness (QED) is 0.790. The predicted molar refractivity (Wildman–Crippen MR) is 99.7 cm³/mol. The maximum Gasteiger partial charge on any atom is 0.306 e. The summed E-state index contributed by atoms with van der Waals surface area (Å²) in [6.45, 7) is -0.513. The molecule has 7 nitrogen and oxygen atoms in total. The van der Waals surface area contributed by atoms with Crippen molar-refractivity contribution in [1.82, 2.24) is 0 Å². The highest BCUT2D eigenvalue weighted by Crippen LogP contribution is 2.28. The van der Waals surface area contributed by atoms with Gasteiger partial charge in [0.25, 0.3) is 5.91 Å². The summed E-state index contributed by atoms with van der Waals surface area (Å²) in [4.78, 5) is 37.5. The van der Waals surface area contributed by atoms with E-state index in [0.717, 1.165) is 5.56 Å². The van der Waals surface area contributed by atoms with Crippen molar-refractivity contribution in [2.45, 2.75) is 12.8 Å². The number of aryl methyl sites for hydroxylation is 1. The lowest BCUT2D eigenvalue weighted by atomic mass is 10.1. The first-order valence-electron chi connectivity index (χ1n) is 8.55. The third kappa shape index (κ3) is 4.44. The van der Waals surface area contributed by atoms with Gasteiger partial charge >= 0.3 is 5.97 Å². The number of benzene rings is 2. The van der Waals surface area contributed by atoms with E-state index >= 15 is 0 Å². The summed E-state index contributed by atoms with van der Waals surface area (Å²) >= 11 is 0. The lowest BCUT2D eigenvalue weighted by Crippen LogP contribution is -2.44. The molecule has 0 fully saturated rings. The van der Waals surface area contributed by atoms with E-state index in [2.05, 4.69) is 5.32 Å². The molecule has 2 amide bonds. The fourth-order valence-electron chi connectivity index (χ4n) is 2.89. The summed E-state index contributed by atoms with van der Waals surface area (Å²) in [6.07, 6.45) is 0.580. The van der Waals surface area contributed by atoms with Gasteiger partial charge in [-0.15, -0.1) is 0 Å². The van der Waals surface area contributed by atoms with Gasteiger partial charge in [0.15, 0.2) is 6.61 Å². The van der Waals surface area contributed by atoms with Gasteiger partial charge in [0.2, 0.25) is 5.91 Å². The van der Waals surface area contributed by atoms with Gasteiger partial charge in [0.05, 0.1) is 18.5 Å². The molecule has 0 saturated heterocycles. The molecule has 2 aromatic rings. The molecule has 2 aromatic carbocycles. The number of esters is 1. The minimum Gasteiger partial charge on any atom is -0.496 e. The minimum absolute atomic E-state index is 0.103. The Morgan fingerprint density at radius 1 is 1.11 bits per heavy atom. The van der Waals surface area contributed by atoms with Crippen LogP contribution in [-0.2, 0) is 25.5 Å². The van der Waals surface area contributed by atoms with Crippen LogP contribution in [0, 0.1) is 0 Å². The fraction of sp³-hybridized carbons (Fsp3) is 0.250. The van der Waals surface area contributed by atoms with Crippen molar-refractivity contribution in [3.63, 3.8) is 0 Å². The molecule has 140 valence electrons. The van der Waals surface area contributed by atoms with Crippen molar-refractivity contribution in [1.29, 1.82) is 0 Å². The van der Waals surface area contributed by atoms with Gasteiger partial charge in [-0.05, 0) is 30.2 Å². The van der Waals surface area contributed by atoms with E-state index in [1.165, 1.54) is 4.90 Å². The molecule has 27 heavy (non-hydrogen) atoms. The Morgan fingerprint density at radius 3 is 2.67 bits per heavy atom. The number of hydrogen-bond donors (Lipinski definition) is 1. The summed E-state index contributed by atoms with van der Waals surface area (Å²) in [6, 6.07) is 14.4. The highest BCUT2D eigenvalue weighted by Gasteiger charge is 2.27. The second-order valence-corrected chi connectivity index (χ2v) is 6.02. The number of rotatable bonds is 6. The van der Waals surface area contributed by atoms with Gasteiger partial charge in [-0.3, -0.25) is 19.3 Å². The van der Waals surface area contributed by atoms with E-state index < -0.39 is 18.5 Å². The lowest BCUT2D eigenvalue weighted by molar-refractivity contribution is -0.147. The van der Waals surface area contributed by atoms with E-state index in [1.54, 1.807) is 31.4 Å². The zero-order valence-electron chi connectivity index (χ0n) is 14.9. The number of ether oxygens (including phenoxy) is 2. The number of anilines is 2. The smallest absolute Gasteiger partial charge is 0.306 e. The number of fused-ring (bicyclic) bond motifs is 1. The Bertz CT molecular complexity index is 865. The molecule has 0 saturated carbocycles. The van der Waals surface area contributed by atoms with E-state index in [4.69, 9.17) is 9.47 Å². The fourth-order valence-corrected chi connectivity index (χ4v) is 2.89. The summed E-state index contributed by atoms with van der Waals surface area (Å²) in [5.74, 6) is -0.506. The highest BCUT2D eigenvalue weighted by atomic mass is 16.5. The molecule has 0 unspecified atom stereocenters. The molecule has 0 atom stereocenters. The topological polar surface area (TPSA) is 84.9 Å². The third-order valence-electron chi connectivity index (χ3n) is 4.22. The number of amides is 2. The second kappa shape index (κ2) is 8.35.